The van der Waals surface area contributed by atoms with Crippen molar-refractivity contribution >= 4 is 17.5 Å². The maximum Gasteiger partial charge on any atom is 0.262 e. The summed E-state index contributed by atoms with van der Waals surface area (Å²) in [6, 6.07) is 21.5. The largest absolute Gasteiger partial charge is 0.484 e. The fraction of sp³-hybridized carbons (Fsp3) is 0.130. The second-order valence-corrected chi connectivity index (χ2v) is 6.60. The standard InChI is InChI=1S/C23H20N2O5/c26-22(25-18-9-10-20-21(12-18)30-15-29-20)14-28-19-8-4-7-17(11-19)23(27)24-13-16-5-2-1-3-6-16/h1-12H,13-15H2,(H,24,27)(H,25,26). The molecule has 152 valence electrons. The molecule has 1 aliphatic heterocycles. The second kappa shape index (κ2) is 9.00. The summed E-state index contributed by atoms with van der Waals surface area (Å²) < 4.78 is 16.1. The maximum atomic E-state index is 12.4. The fourth-order valence-electron chi connectivity index (χ4n) is 2.93. The van der Waals surface area contributed by atoms with Crippen molar-refractivity contribution in [2.45, 2.75) is 6.54 Å². The molecule has 0 aromatic heterocycles. The zero-order valence-corrected chi connectivity index (χ0v) is 16.1. The first-order valence-electron chi connectivity index (χ1n) is 9.42. The van der Waals surface area contributed by atoms with E-state index in [1.165, 1.54) is 0 Å². The van der Waals surface area contributed by atoms with Crippen molar-refractivity contribution in [3.63, 3.8) is 0 Å². The van der Waals surface area contributed by atoms with Crippen LogP contribution in [0.3, 0.4) is 0 Å². The van der Waals surface area contributed by atoms with Crippen LogP contribution in [0.25, 0.3) is 0 Å². The summed E-state index contributed by atoms with van der Waals surface area (Å²) in [7, 11) is 0. The minimum atomic E-state index is -0.326. The van der Waals surface area contributed by atoms with Gasteiger partial charge in [-0.15, -0.1) is 0 Å². The quantitative estimate of drug-likeness (QED) is 0.631. The van der Waals surface area contributed by atoms with Gasteiger partial charge in [-0.25, -0.2) is 0 Å². The first-order valence-corrected chi connectivity index (χ1v) is 9.42. The minimum Gasteiger partial charge on any atom is -0.484 e. The number of rotatable bonds is 7. The van der Waals surface area contributed by atoms with Gasteiger partial charge in [-0.05, 0) is 35.9 Å². The SMILES string of the molecule is O=C(COc1cccc(C(=O)NCc2ccccc2)c1)Nc1ccc2c(c1)OCO2. The summed E-state index contributed by atoms with van der Waals surface area (Å²) in [4.78, 5) is 24.6. The molecular weight excluding hydrogens is 384 g/mol. The molecule has 1 aliphatic rings. The van der Waals surface area contributed by atoms with E-state index in [1.807, 2.05) is 30.3 Å². The van der Waals surface area contributed by atoms with Crippen molar-refractivity contribution in [2.24, 2.45) is 0 Å². The molecule has 0 saturated carbocycles. The van der Waals surface area contributed by atoms with E-state index >= 15 is 0 Å². The van der Waals surface area contributed by atoms with Crippen LogP contribution in [0.4, 0.5) is 5.69 Å². The number of nitrogens with one attached hydrogen (secondary N) is 2. The zero-order chi connectivity index (χ0) is 20.8. The van der Waals surface area contributed by atoms with E-state index in [0.717, 1.165) is 5.56 Å². The fourth-order valence-corrected chi connectivity index (χ4v) is 2.93. The average Bonchev–Trinajstić information content (AvgIpc) is 3.25. The van der Waals surface area contributed by atoms with Crippen molar-refractivity contribution < 1.29 is 23.8 Å². The molecule has 30 heavy (non-hydrogen) atoms. The molecule has 2 amide bonds. The van der Waals surface area contributed by atoms with Crippen LogP contribution in [0.15, 0.2) is 72.8 Å². The molecule has 0 unspecified atom stereocenters. The van der Waals surface area contributed by atoms with E-state index in [9.17, 15) is 9.59 Å². The molecule has 3 aromatic rings. The molecule has 0 aliphatic carbocycles. The van der Waals surface area contributed by atoms with E-state index in [0.29, 0.717) is 35.0 Å². The maximum absolute atomic E-state index is 12.4. The van der Waals surface area contributed by atoms with Crippen LogP contribution in [0.2, 0.25) is 0 Å². The predicted molar refractivity (Wildman–Crippen MR) is 111 cm³/mol. The summed E-state index contributed by atoms with van der Waals surface area (Å²) >= 11 is 0. The molecule has 2 N–H and O–H groups in total. The summed E-state index contributed by atoms with van der Waals surface area (Å²) in [6.07, 6.45) is 0. The average molecular weight is 404 g/mol. The van der Waals surface area contributed by atoms with Crippen LogP contribution in [-0.2, 0) is 11.3 Å². The first kappa shape index (κ1) is 19.3. The summed E-state index contributed by atoms with van der Waals surface area (Å²) in [5.41, 5.74) is 2.06. The Morgan fingerprint density at radius 2 is 1.73 bits per heavy atom. The highest BCUT2D eigenvalue weighted by Crippen LogP contribution is 2.34. The Kier molecular flexibility index (Phi) is 5.80. The lowest BCUT2D eigenvalue weighted by atomic mass is 10.2. The number of fused-ring (bicyclic) bond motifs is 1. The molecule has 0 saturated heterocycles. The van der Waals surface area contributed by atoms with E-state index in [2.05, 4.69) is 10.6 Å². The van der Waals surface area contributed by atoms with Gasteiger partial charge in [-0.3, -0.25) is 9.59 Å². The molecule has 7 nitrogen and oxygen atoms in total. The molecule has 3 aromatic carbocycles. The van der Waals surface area contributed by atoms with E-state index in [-0.39, 0.29) is 25.2 Å². The highest BCUT2D eigenvalue weighted by atomic mass is 16.7. The van der Waals surface area contributed by atoms with Crippen LogP contribution >= 0.6 is 0 Å². The Hall–Kier alpha value is -4.00. The van der Waals surface area contributed by atoms with Crippen molar-refractivity contribution in [3.8, 4) is 17.2 Å². The third-order valence-electron chi connectivity index (χ3n) is 4.42. The molecule has 0 fully saturated rings. The van der Waals surface area contributed by atoms with Crippen LogP contribution in [0, 0.1) is 0 Å². The van der Waals surface area contributed by atoms with Gasteiger partial charge in [-0.1, -0.05) is 36.4 Å². The first-order chi connectivity index (χ1) is 14.7. The molecule has 1 heterocycles. The van der Waals surface area contributed by atoms with Crippen LogP contribution < -0.4 is 24.8 Å². The van der Waals surface area contributed by atoms with Crippen LogP contribution in [0.1, 0.15) is 15.9 Å². The Balaban J connectivity index is 1.29. The number of ether oxygens (including phenoxy) is 3. The van der Waals surface area contributed by atoms with Gasteiger partial charge in [0.05, 0.1) is 0 Å². The highest BCUT2D eigenvalue weighted by Gasteiger charge is 2.14. The number of carbonyl (C=O) groups excluding carboxylic acids is 2. The Bertz CT molecular complexity index is 1050. The molecule has 0 spiro atoms. The van der Waals surface area contributed by atoms with Gasteiger partial charge in [0.15, 0.2) is 18.1 Å². The zero-order valence-electron chi connectivity index (χ0n) is 16.1. The van der Waals surface area contributed by atoms with Crippen molar-refractivity contribution in [2.75, 3.05) is 18.7 Å². The lowest BCUT2D eigenvalue weighted by Crippen LogP contribution is -2.23. The highest BCUT2D eigenvalue weighted by molar-refractivity contribution is 5.94. The van der Waals surface area contributed by atoms with Gasteiger partial charge >= 0.3 is 0 Å². The topological polar surface area (TPSA) is 85.9 Å². The number of anilines is 1. The molecule has 4 rings (SSSR count). The van der Waals surface area contributed by atoms with Gasteiger partial charge in [0.25, 0.3) is 11.8 Å². The summed E-state index contributed by atoms with van der Waals surface area (Å²) in [6.45, 7) is 0.414. The van der Waals surface area contributed by atoms with Gasteiger partial charge in [0, 0.05) is 23.9 Å². The second-order valence-electron chi connectivity index (χ2n) is 6.60. The number of amides is 2. The summed E-state index contributed by atoms with van der Waals surface area (Å²) in [5, 5.41) is 5.60. The number of benzene rings is 3. The molecule has 0 bridgehead atoms. The van der Waals surface area contributed by atoms with Crippen molar-refractivity contribution in [1.82, 2.24) is 5.32 Å². The third-order valence-corrected chi connectivity index (χ3v) is 4.42. The Labute approximate surface area is 173 Å². The van der Waals surface area contributed by atoms with Crippen molar-refractivity contribution in [1.29, 1.82) is 0 Å². The van der Waals surface area contributed by atoms with E-state index in [1.54, 1.807) is 42.5 Å². The molecule has 0 atom stereocenters. The summed E-state index contributed by atoms with van der Waals surface area (Å²) in [5.74, 6) is 1.12. The van der Waals surface area contributed by atoms with Crippen molar-refractivity contribution in [3.05, 3.63) is 83.9 Å². The molecule has 7 heteroatoms. The lowest BCUT2D eigenvalue weighted by molar-refractivity contribution is -0.118. The number of hydrogen-bond acceptors (Lipinski definition) is 5. The van der Waals surface area contributed by atoms with Gasteiger partial charge < -0.3 is 24.8 Å². The smallest absolute Gasteiger partial charge is 0.262 e. The minimum absolute atomic E-state index is 0.172. The van der Waals surface area contributed by atoms with Crippen LogP contribution in [-0.4, -0.2) is 25.2 Å². The van der Waals surface area contributed by atoms with Crippen LogP contribution in [0.5, 0.6) is 17.2 Å². The Morgan fingerprint density at radius 3 is 2.60 bits per heavy atom. The van der Waals surface area contributed by atoms with Gasteiger partial charge in [0.2, 0.25) is 6.79 Å². The Morgan fingerprint density at radius 1 is 0.900 bits per heavy atom. The normalized spacial score (nSPS) is 11.6. The monoisotopic (exact) mass is 404 g/mol. The lowest BCUT2D eigenvalue weighted by Gasteiger charge is -2.10. The predicted octanol–water partition coefficient (Wildman–Crippen LogP) is 3.36. The molecular formula is C23H20N2O5. The van der Waals surface area contributed by atoms with Gasteiger partial charge in [0.1, 0.15) is 5.75 Å². The molecule has 0 radical (unpaired) electrons. The number of hydrogen-bond donors (Lipinski definition) is 2. The van der Waals surface area contributed by atoms with Gasteiger partial charge in [-0.2, -0.15) is 0 Å². The number of carbonyl (C=O) groups is 2. The van der Waals surface area contributed by atoms with E-state index in [4.69, 9.17) is 14.2 Å². The van der Waals surface area contributed by atoms with E-state index < -0.39 is 0 Å². The third kappa shape index (κ3) is 4.88.